The number of H-pyrrole nitrogens is 1. The van der Waals surface area contributed by atoms with Gasteiger partial charge in [-0.05, 0) is 38.0 Å². The molecule has 1 aromatic heterocycles. The summed E-state index contributed by atoms with van der Waals surface area (Å²) in [6, 6.07) is 15.7. The van der Waals surface area contributed by atoms with Crippen LogP contribution in [0.3, 0.4) is 0 Å². The Hall–Kier alpha value is -2.86. The van der Waals surface area contributed by atoms with E-state index in [1.807, 2.05) is 69.3 Å². The SMILES string of the molecule is Cc1ccc(NC(=O)CSc2nc(C)c(Cc3ccccc3)c(=O)[nH]2)c(C)c1. The number of aryl methyl sites for hydroxylation is 3. The Morgan fingerprint density at radius 2 is 1.86 bits per heavy atom. The highest BCUT2D eigenvalue weighted by Crippen LogP contribution is 2.18. The summed E-state index contributed by atoms with van der Waals surface area (Å²) >= 11 is 1.22. The van der Waals surface area contributed by atoms with Gasteiger partial charge in [0.15, 0.2) is 5.16 Å². The first-order valence-electron chi connectivity index (χ1n) is 9.06. The van der Waals surface area contributed by atoms with Crippen LogP contribution in [0.4, 0.5) is 5.69 Å². The number of hydrogen-bond acceptors (Lipinski definition) is 4. The molecule has 0 fully saturated rings. The maximum atomic E-state index is 12.5. The van der Waals surface area contributed by atoms with E-state index in [9.17, 15) is 9.59 Å². The minimum Gasteiger partial charge on any atom is -0.325 e. The average Bonchev–Trinajstić information content (AvgIpc) is 2.66. The summed E-state index contributed by atoms with van der Waals surface area (Å²) < 4.78 is 0. The van der Waals surface area contributed by atoms with Crippen LogP contribution >= 0.6 is 11.8 Å². The Morgan fingerprint density at radius 1 is 1.11 bits per heavy atom. The van der Waals surface area contributed by atoms with Gasteiger partial charge >= 0.3 is 0 Å². The highest BCUT2D eigenvalue weighted by molar-refractivity contribution is 7.99. The van der Waals surface area contributed by atoms with Crippen LogP contribution in [0.2, 0.25) is 0 Å². The van der Waals surface area contributed by atoms with Gasteiger partial charge in [0.05, 0.1) is 5.75 Å². The number of aromatic amines is 1. The third-order valence-corrected chi connectivity index (χ3v) is 5.29. The molecule has 2 aromatic carbocycles. The molecule has 1 heterocycles. The van der Waals surface area contributed by atoms with Crippen LogP contribution in [0.15, 0.2) is 58.5 Å². The maximum Gasteiger partial charge on any atom is 0.255 e. The fraction of sp³-hybridized carbons (Fsp3) is 0.227. The lowest BCUT2D eigenvalue weighted by Crippen LogP contribution is -2.19. The molecule has 1 amide bonds. The molecule has 0 aliphatic rings. The Kier molecular flexibility index (Phi) is 6.31. The number of carbonyl (C=O) groups excluding carboxylic acids is 1. The Labute approximate surface area is 168 Å². The van der Waals surface area contributed by atoms with E-state index in [1.54, 1.807) is 0 Å². The summed E-state index contributed by atoms with van der Waals surface area (Å²) in [5, 5.41) is 3.36. The molecule has 0 unspecified atom stereocenters. The van der Waals surface area contributed by atoms with Gasteiger partial charge in [-0.15, -0.1) is 0 Å². The summed E-state index contributed by atoms with van der Waals surface area (Å²) in [6.45, 7) is 5.80. The highest BCUT2D eigenvalue weighted by Gasteiger charge is 2.11. The van der Waals surface area contributed by atoms with Crippen molar-refractivity contribution in [3.8, 4) is 0 Å². The Bertz CT molecular complexity index is 1050. The summed E-state index contributed by atoms with van der Waals surface area (Å²) in [6.07, 6.45) is 0.535. The normalized spacial score (nSPS) is 10.7. The van der Waals surface area contributed by atoms with Crippen LogP contribution in [0.5, 0.6) is 0 Å². The topological polar surface area (TPSA) is 74.8 Å². The molecule has 0 spiro atoms. The van der Waals surface area contributed by atoms with E-state index < -0.39 is 0 Å². The third kappa shape index (κ3) is 5.10. The molecule has 0 bridgehead atoms. The van der Waals surface area contributed by atoms with Crippen molar-refractivity contribution in [1.29, 1.82) is 0 Å². The first kappa shape index (κ1) is 19.9. The largest absolute Gasteiger partial charge is 0.325 e. The van der Waals surface area contributed by atoms with Crippen LogP contribution in [-0.2, 0) is 11.2 Å². The lowest BCUT2D eigenvalue weighted by Gasteiger charge is -2.10. The van der Waals surface area contributed by atoms with E-state index in [2.05, 4.69) is 15.3 Å². The quantitative estimate of drug-likeness (QED) is 0.490. The van der Waals surface area contributed by atoms with Crippen molar-refractivity contribution in [2.24, 2.45) is 0 Å². The van der Waals surface area contributed by atoms with Crippen molar-refractivity contribution in [3.63, 3.8) is 0 Å². The van der Waals surface area contributed by atoms with E-state index in [0.29, 0.717) is 22.8 Å². The molecule has 28 heavy (non-hydrogen) atoms. The van der Waals surface area contributed by atoms with E-state index >= 15 is 0 Å². The molecule has 2 N–H and O–H groups in total. The average molecular weight is 394 g/mol. The molecule has 3 rings (SSSR count). The molecule has 6 heteroatoms. The Balaban J connectivity index is 1.64. The van der Waals surface area contributed by atoms with Crippen LogP contribution in [0.25, 0.3) is 0 Å². The zero-order valence-electron chi connectivity index (χ0n) is 16.2. The minimum atomic E-state index is -0.159. The summed E-state index contributed by atoms with van der Waals surface area (Å²) in [5.74, 6) is 0.0406. The molecule has 0 atom stereocenters. The van der Waals surface area contributed by atoms with E-state index in [4.69, 9.17) is 0 Å². The highest BCUT2D eigenvalue weighted by atomic mass is 32.2. The molecule has 0 aliphatic heterocycles. The monoisotopic (exact) mass is 393 g/mol. The lowest BCUT2D eigenvalue weighted by atomic mass is 10.1. The van der Waals surface area contributed by atoms with Crippen LogP contribution in [0.1, 0.15) is 27.9 Å². The van der Waals surface area contributed by atoms with Crippen LogP contribution in [-0.4, -0.2) is 21.6 Å². The second-order valence-electron chi connectivity index (χ2n) is 6.75. The number of carbonyl (C=O) groups is 1. The van der Waals surface area contributed by atoms with Crippen molar-refractivity contribution in [2.45, 2.75) is 32.3 Å². The molecule has 0 radical (unpaired) electrons. The van der Waals surface area contributed by atoms with Gasteiger partial charge in [0.1, 0.15) is 0 Å². The first-order chi connectivity index (χ1) is 13.4. The van der Waals surface area contributed by atoms with Gasteiger partial charge in [0.2, 0.25) is 5.91 Å². The summed E-state index contributed by atoms with van der Waals surface area (Å²) in [4.78, 5) is 32.0. The molecular formula is C22H23N3O2S. The third-order valence-electron chi connectivity index (χ3n) is 4.42. The van der Waals surface area contributed by atoms with E-state index in [-0.39, 0.29) is 17.2 Å². The smallest absolute Gasteiger partial charge is 0.255 e. The minimum absolute atomic E-state index is 0.134. The van der Waals surface area contributed by atoms with Crippen LogP contribution < -0.4 is 10.9 Å². The van der Waals surface area contributed by atoms with E-state index in [0.717, 1.165) is 22.4 Å². The number of anilines is 1. The number of hydrogen-bond donors (Lipinski definition) is 2. The second-order valence-corrected chi connectivity index (χ2v) is 7.72. The molecule has 0 saturated heterocycles. The van der Waals surface area contributed by atoms with Crippen LogP contribution in [0, 0.1) is 20.8 Å². The second kappa shape index (κ2) is 8.89. The number of nitrogens with zero attached hydrogens (tertiary/aromatic N) is 1. The van der Waals surface area contributed by atoms with Gasteiger partial charge < -0.3 is 10.3 Å². The molecule has 0 saturated carbocycles. The fourth-order valence-electron chi connectivity index (χ4n) is 2.94. The summed E-state index contributed by atoms with van der Waals surface area (Å²) in [5.41, 5.74) is 5.20. The van der Waals surface area contributed by atoms with Gasteiger partial charge in [-0.25, -0.2) is 4.98 Å². The predicted octanol–water partition coefficient (Wildman–Crippen LogP) is 4.02. The molecule has 144 valence electrons. The number of thioether (sulfide) groups is 1. The summed E-state index contributed by atoms with van der Waals surface area (Å²) in [7, 11) is 0. The first-order valence-corrected chi connectivity index (χ1v) is 10.0. The van der Waals surface area contributed by atoms with Gasteiger partial charge in [0.25, 0.3) is 5.56 Å². The van der Waals surface area contributed by atoms with Crippen molar-refractivity contribution >= 4 is 23.4 Å². The maximum absolute atomic E-state index is 12.5. The molecular weight excluding hydrogens is 370 g/mol. The number of amides is 1. The Morgan fingerprint density at radius 3 is 2.54 bits per heavy atom. The van der Waals surface area contributed by atoms with Gasteiger partial charge in [0, 0.05) is 23.4 Å². The molecule has 3 aromatic rings. The zero-order chi connectivity index (χ0) is 20.1. The number of aromatic nitrogens is 2. The van der Waals surface area contributed by atoms with Gasteiger partial charge in [-0.2, -0.15) is 0 Å². The van der Waals surface area contributed by atoms with Crippen molar-refractivity contribution in [1.82, 2.24) is 9.97 Å². The van der Waals surface area contributed by atoms with Crippen molar-refractivity contribution in [2.75, 3.05) is 11.1 Å². The van der Waals surface area contributed by atoms with Crippen molar-refractivity contribution < 1.29 is 4.79 Å². The zero-order valence-corrected chi connectivity index (χ0v) is 17.0. The number of benzene rings is 2. The van der Waals surface area contributed by atoms with Crippen molar-refractivity contribution in [3.05, 3.63) is 86.8 Å². The number of nitrogens with one attached hydrogen (secondary N) is 2. The standard InChI is InChI=1S/C22H23N3O2S/c1-14-9-10-19(15(2)11-14)24-20(26)13-28-22-23-16(3)18(21(27)25-22)12-17-7-5-4-6-8-17/h4-11H,12-13H2,1-3H3,(H,24,26)(H,23,25,27). The molecule has 0 aliphatic carbocycles. The van der Waals surface area contributed by atoms with E-state index in [1.165, 1.54) is 11.8 Å². The van der Waals surface area contributed by atoms with Gasteiger partial charge in [-0.3, -0.25) is 9.59 Å². The lowest BCUT2D eigenvalue weighted by molar-refractivity contribution is -0.113. The number of rotatable bonds is 6. The van der Waals surface area contributed by atoms with Gasteiger partial charge in [-0.1, -0.05) is 59.8 Å². The predicted molar refractivity (Wildman–Crippen MR) is 114 cm³/mol. The fourth-order valence-corrected chi connectivity index (χ4v) is 3.64. The molecule has 5 nitrogen and oxygen atoms in total.